The van der Waals surface area contributed by atoms with E-state index in [4.69, 9.17) is 14.2 Å². The number of hydrogen-bond donors (Lipinski definition) is 0. The van der Waals surface area contributed by atoms with E-state index in [0.717, 1.165) is 31.8 Å². The molecule has 4 atom stereocenters. The summed E-state index contributed by atoms with van der Waals surface area (Å²) < 4.78 is 18.4. The fourth-order valence-corrected chi connectivity index (χ4v) is 5.09. The predicted octanol–water partition coefficient (Wildman–Crippen LogP) is 9.04. The minimum Gasteiger partial charge on any atom is -0.465 e. The van der Waals surface area contributed by atoms with E-state index in [9.17, 15) is 0 Å². The molecule has 0 aliphatic heterocycles. The number of rotatable bonds is 13. The molecule has 1 fully saturated rings. The molecule has 3 heteroatoms. The van der Waals surface area contributed by atoms with Crippen LogP contribution in [0.25, 0.3) is 0 Å². The van der Waals surface area contributed by atoms with Crippen LogP contribution in [0.3, 0.4) is 0 Å². The van der Waals surface area contributed by atoms with E-state index in [2.05, 4.69) is 83.1 Å². The van der Waals surface area contributed by atoms with Crippen LogP contribution in [0.2, 0.25) is 0 Å². The normalized spacial score (nSPS) is 21.8. The Kier molecular flexibility index (Phi) is 11.1. The Bertz CT molecular complexity index is 853. The smallest absolute Gasteiger partial charge is 0.196 e. The molecule has 0 N–H and O–H groups in total. The molecule has 0 spiro atoms. The van der Waals surface area contributed by atoms with Crippen molar-refractivity contribution in [3.05, 3.63) is 65.2 Å². The second-order valence-corrected chi connectivity index (χ2v) is 10.7. The first kappa shape index (κ1) is 27.7. The molecule has 3 rings (SSSR count). The largest absolute Gasteiger partial charge is 0.465 e. The SMILES string of the molecule is CCC(C)c1ccc(OC(C)OCC2CCC(COC(C)c3ccccc3C(C)CC)CC2)cc1. The van der Waals surface area contributed by atoms with Crippen molar-refractivity contribution < 1.29 is 14.2 Å². The molecule has 35 heavy (non-hydrogen) atoms. The molecule has 0 radical (unpaired) electrons. The summed E-state index contributed by atoms with van der Waals surface area (Å²) in [7, 11) is 0. The van der Waals surface area contributed by atoms with Crippen molar-refractivity contribution in [2.45, 2.75) is 104 Å². The zero-order valence-electron chi connectivity index (χ0n) is 23.0. The summed E-state index contributed by atoms with van der Waals surface area (Å²) in [6, 6.07) is 17.3. The second kappa shape index (κ2) is 14.0. The zero-order chi connectivity index (χ0) is 25.2. The standard InChI is InChI=1S/C32H48O3/c1-7-23(3)29-17-19-30(20-18-29)35-26(6)34-22-28-15-13-27(14-16-28)21-33-25(5)32-12-10-9-11-31(32)24(4)8-2/h9-12,17-20,23-28H,7-8,13-16,21-22H2,1-6H3. The van der Waals surface area contributed by atoms with Crippen LogP contribution < -0.4 is 4.74 Å². The first-order valence-corrected chi connectivity index (χ1v) is 14.0. The van der Waals surface area contributed by atoms with Crippen LogP contribution in [0.15, 0.2) is 48.5 Å². The van der Waals surface area contributed by atoms with Gasteiger partial charge in [0.1, 0.15) is 5.75 Å². The zero-order valence-corrected chi connectivity index (χ0v) is 23.0. The van der Waals surface area contributed by atoms with E-state index in [-0.39, 0.29) is 12.4 Å². The highest BCUT2D eigenvalue weighted by atomic mass is 16.7. The lowest BCUT2D eigenvalue weighted by Crippen LogP contribution is -2.25. The molecular formula is C32H48O3. The number of ether oxygens (including phenoxy) is 3. The van der Waals surface area contributed by atoms with Crippen molar-refractivity contribution in [1.82, 2.24) is 0 Å². The molecule has 1 aliphatic carbocycles. The molecule has 0 saturated heterocycles. The van der Waals surface area contributed by atoms with Crippen molar-refractivity contribution in [3.63, 3.8) is 0 Å². The molecular weight excluding hydrogens is 432 g/mol. The summed E-state index contributed by atoms with van der Waals surface area (Å²) in [5.41, 5.74) is 4.15. The number of hydrogen-bond acceptors (Lipinski definition) is 3. The summed E-state index contributed by atoms with van der Waals surface area (Å²) in [4.78, 5) is 0. The van der Waals surface area contributed by atoms with Crippen LogP contribution >= 0.6 is 0 Å². The molecule has 1 saturated carbocycles. The highest BCUT2D eigenvalue weighted by Gasteiger charge is 2.24. The molecule has 0 amide bonds. The van der Waals surface area contributed by atoms with Gasteiger partial charge in [0.25, 0.3) is 0 Å². The third-order valence-corrected chi connectivity index (χ3v) is 8.06. The Hall–Kier alpha value is -1.84. The van der Waals surface area contributed by atoms with Crippen LogP contribution in [-0.4, -0.2) is 19.5 Å². The molecule has 194 valence electrons. The lowest BCUT2D eigenvalue weighted by Gasteiger charge is -2.30. The van der Waals surface area contributed by atoms with Gasteiger partial charge >= 0.3 is 0 Å². The average Bonchev–Trinajstić information content (AvgIpc) is 2.90. The first-order valence-electron chi connectivity index (χ1n) is 14.0. The average molecular weight is 481 g/mol. The maximum absolute atomic E-state index is 6.38. The van der Waals surface area contributed by atoms with Gasteiger partial charge in [0.15, 0.2) is 6.29 Å². The Balaban J connectivity index is 1.36. The highest BCUT2D eigenvalue weighted by Crippen LogP contribution is 2.33. The molecule has 0 heterocycles. The maximum Gasteiger partial charge on any atom is 0.196 e. The quantitative estimate of drug-likeness (QED) is 0.268. The highest BCUT2D eigenvalue weighted by molar-refractivity contribution is 5.32. The van der Waals surface area contributed by atoms with Gasteiger partial charge in [-0.2, -0.15) is 0 Å². The Morgan fingerprint density at radius 2 is 1.23 bits per heavy atom. The minimum absolute atomic E-state index is 0.151. The van der Waals surface area contributed by atoms with Crippen LogP contribution in [0.1, 0.15) is 115 Å². The van der Waals surface area contributed by atoms with E-state index in [1.165, 1.54) is 42.4 Å². The first-order chi connectivity index (χ1) is 16.9. The van der Waals surface area contributed by atoms with Gasteiger partial charge in [0.2, 0.25) is 0 Å². The van der Waals surface area contributed by atoms with Crippen molar-refractivity contribution in [2.75, 3.05) is 13.2 Å². The Morgan fingerprint density at radius 1 is 0.686 bits per heavy atom. The van der Waals surface area contributed by atoms with Crippen molar-refractivity contribution in [1.29, 1.82) is 0 Å². The van der Waals surface area contributed by atoms with Gasteiger partial charge in [0.05, 0.1) is 19.3 Å². The van der Waals surface area contributed by atoms with E-state index >= 15 is 0 Å². The van der Waals surface area contributed by atoms with E-state index in [1.807, 2.05) is 6.92 Å². The molecule has 4 unspecified atom stereocenters. The third kappa shape index (κ3) is 8.36. The lowest BCUT2D eigenvalue weighted by molar-refractivity contribution is -0.0847. The lowest BCUT2D eigenvalue weighted by atomic mass is 9.83. The summed E-state index contributed by atoms with van der Waals surface area (Å²) in [6.07, 6.45) is 7.10. The topological polar surface area (TPSA) is 27.7 Å². The van der Waals surface area contributed by atoms with Crippen molar-refractivity contribution >= 4 is 0 Å². The van der Waals surface area contributed by atoms with Gasteiger partial charge in [-0.15, -0.1) is 0 Å². The van der Waals surface area contributed by atoms with Gasteiger partial charge in [-0.1, -0.05) is 64.1 Å². The van der Waals surface area contributed by atoms with E-state index < -0.39 is 0 Å². The Morgan fingerprint density at radius 3 is 1.80 bits per heavy atom. The third-order valence-electron chi connectivity index (χ3n) is 8.06. The molecule has 3 nitrogen and oxygen atoms in total. The Labute approximate surface area is 214 Å². The second-order valence-electron chi connectivity index (χ2n) is 10.7. The van der Waals surface area contributed by atoms with Crippen LogP contribution in [0.4, 0.5) is 0 Å². The summed E-state index contributed by atoms with van der Waals surface area (Å²) >= 11 is 0. The van der Waals surface area contributed by atoms with E-state index in [0.29, 0.717) is 23.7 Å². The molecule has 0 aromatic heterocycles. The fraction of sp³-hybridized carbons (Fsp3) is 0.625. The van der Waals surface area contributed by atoms with Gasteiger partial charge in [-0.3, -0.25) is 0 Å². The maximum atomic E-state index is 6.38. The van der Waals surface area contributed by atoms with Gasteiger partial charge < -0.3 is 14.2 Å². The number of benzene rings is 2. The van der Waals surface area contributed by atoms with Gasteiger partial charge in [0, 0.05) is 0 Å². The van der Waals surface area contributed by atoms with Crippen LogP contribution in [0, 0.1) is 11.8 Å². The van der Waals surface area contributed by atoms with Crippen molar-refractivity contribution in [3.8, 4) is 5.75 Å². The summed E-state index contributed by atoms with van der Waals surface area (Å²) in [6.45, 7) is 14.9. The van der Waals surface area contributed by atoms with Gasteiger partial charge in [-0.25, -0.2) is 0 Å². The summed E-state index contributed by atoms with van der Waals surface area (Å²) in [5.74, 6) is 3.32. The van der Waals surface area contributed by atoms with Crippen LogP contribution in [-0.2, 0) is 9.47 Å². The monoisotopic (exact) mass is 480 g/mol. The van der Waals surface area contributed by atoms with Gasteiger partial charge in [-0.05, 0) is 105 Å². The predicted molar refractivity (Wildman–Crippen MR) is 146 cm³/mol. The molecule has 2 aromatic carbocycles. The molecule has 0 bridgehead atoms. The fourth-order valence-electron chi connectivity index (χ4n) is 5.09. The molecule has 1 aliphatic rings. The van der Waals surface area contributed by atoms with Crippen molar-refractivity contribution in [2.24, 2.45) is 11.8 Å². The van der Waals surface area contributed by atoms with E-state index in [1.54, 1.807) is 0 Å². The minimum atomic E-state index is -0.225. The molecule has 2 aromatic rings. The van der Waals surface area contributed by atoms with Crippen LogP contribution in [0.5, 0.6) is 5.75 Å². The summed E-state index contributed by atoms with van der Waals surface area (Å²) in [5, 5.41) is 0.